The topological polar surface area (TPSA) is 64.9 Å². The fourth-order valence-electron chi connectivity index (χ4n) is 3.43. The van der Waals surface area contributed by atoms with Crippen LogP contribution in [0.4, 0.5) is 13.2 Å². The molecule has 3 aromatic rings. The average Bonchev–Trinajstić information content (AvgIpc) is 3.25. The van der Waals surface area contributed by atoms with Crippen LogP contribution in [0.3, 0.4) is 0 Å². The van der Waals surface area contributed by atoms with Gasteiger partial charge in [0.2, 0.25) is 0 Å². The molecule has 0 aliphatic rings. The maximum Gasteiger partial charge on any atom is 0.416 e. The molecule has 1 N–H and O–H groups in total. The van der Waals surface area contributed by atoms with E-state index >= 15 is 0 Å². The summed E-state index contributed by atoms with van der Waals surface area (Å²) in [5, 5.41) is 12.5. The van der Waals surface area contributed by atoms with E-state index in [1.54, 1.807) is 25.1 Å². The van der Waals surface area contributed by atoms with Crippen LogP contribution in [0, 0.1) is 0 Å². The highest BCUT2D eigenvalue weighted by atomic mass is 32.2. The molecule has 3 rings (SSSR count). The summed E-state index contributed by atoms with van der Waals surface area (Å²) >= 11 is 1.67. The number of ether oxygens (including phenoxy) is 1. The number of methoxy groups -OCH3 is 1. The first-order chi connectivity index (χ1) is 16.2. The van der Waals surface area contributed by atoms with E-state index in [0.29, 0.717) is 12.1 Å². The number of hydrogen-bond donors (Lipinski definition) is 1. The summed E-state index contributed by atoms with van der Waals surface area (Å²) in [5.74, 6) is 0.914. The van der Waals surface area contributed by atoms with Gasteiger partial charge in [0, 0.05) is 49.4 Å². The van der Waals surface area contributed by atoms with Crippen molar-refractivity contribution in [2.24, 2.45) is 0 Å². The number of hydrogen-bond acceptors (Lipinski definition) is 6. The normalized spacial score (nSPS) is 12.5. The molecule has 0 amide bonds. The Hall–Kier alpha value is -2.17. The Morgan fingerprint density at radius 3 is 2.65 bits per heavy atom. The number of pyridine rings is 1. The molecule has 0 saturated carbocycles. The molecule has 186 valence electrons. The van der Waals surface area contributed by atoms with Crippen molar-refractivity contribution in [3.05, 3.63) is 47.9 Å². The van der Waals surface area contributed by atoms with Gasteiger partial charge >= 0.3 is 6.18 Å². The quantitative estimate of drug-likeness (QED) is 0.242. The highest BCUT2D eigenvalue weighted by Gasteiger charge is 2.30. The number of nitrogens with one attached hydrogen (secondary N) is 1. The zero-order chi connectivity index (χ0) is 24.6. The third kappa shape index (κ3) is 7.95. The second-order valence-electron chi connectivity index (χ2n) is 8.84. The number of benzene rings is 1. The van der Waals surface area contributed by atoms with Crippen molar-refractivity contribution < 1.29 is 17.9 Å². The molecule has 0 bridgehead atoms. The van der Waals surface area contributed by atoms with Gasteiger partial charge in [-0.3, -0.25) is 9.67 Å². The first kappa shape index (κ1) is 26.4. The van der Waals surface area contributed by atoms with Gasteiger partial charge in [-0.05, 0) is 50.6 Å². The second kappa shape index (κ2) is 12.0. The highest BCUT2D eigenvalue weighted by molar-refractivity contribution is 7.99. The molecule has 34 heavy (non-hydrogen) atoms. The minimum atomic E-state index is -4.36. The summed E-state index contributed by atoms with van der Waals surface area (Å²) in [5.41, 5.74) is 0.412. The van der Waals surface area contributed by atoms with Crippen LogP contribution in [0.2, 0.25) is 0 Å². The van der Waals surface area contributed by atoms with Gasteiger partial charge in [-0.1, -0.05) is 24.1 Å². The molecule has 2 aromatic heterocycles. The lowest BCUT2D eigenvalue weighted by Crippen LogP contribution is -2.36. The minimum Gasteiger partial charge on any atom is -0.377 e. The van der Waals surface area contributed by atoms with Crippen LogP contribution in [-0.4, -0.2) is 45.0 Å². The van der Waals surface area contributed by atoms with Gasteiger partial charge in [-0.15, -0.1) is 16.9 Å². The molecule has 0 fully saturated rings. The summed E-state index contributed by atoms with van der Waals surface area (Å²) in [6.45, 7) is 6.28. The van der Waals surface area contributed by atoms with E-state index in [0.717, 1.165) is 72.6 Å². The van der Waals surface area contributed by atoms with Crippen molar-refractivity contribution in [1.29, 1.82) is 0 Å². The van der Waals surface area contributed by atoms with E-state index in [1.807, 2.05) is 30.8 Å². The van der Waals surface area contributed by atoms with Crippen LogP contribution in [0.15, 0.2) is 41.6 Å². The summed E-state index contributed by atoms with van der Waals surface area (Å²) < 4.78 is 46.1. The number of alkyl halides is 3. The Labute approximate surface area is 202 Å². The standard InChI is InChI=1S/C24H32F3N5OS/c1-23(2,33-3)17-28-15-19-16-32(31-30-19)12-6-4-5-7-13-34-22-10-11-29-21-14-18(24(25,26)27)8-9-20(21)22/h8-11,14,16,28H,4-7,12-13,15,17H2,1-3H3. The van der Waals surface area contributed by atoms with Gasteiger partial charge in [0.25, 0.3) is 0 Å². The number of aromatic nitrogens is 4. The Balaban J connectivity index is 1.34. The van der Waals surface area contributed by atoms with Crippen LogP contribution in [-0.2, 0) is 24.0 Å². The van der Waals surface area contributed by atoms with Gasteiger partial charge in [0.1, 0.15) is 0 Å². The van der Waals surface area contributed by atoms with E-state index in [9.17, 15) is 13.2 Å². The minimum absolute atomic E-state index is 0.213. The fourth-order valence-corrected chi connectivity index (χ4v) is 4.48. The molecular formula is C24H32F3N5OS. The van der Waals surface area contributed by atoms with Gasteiger partial charge in [-0.25, -0.2) is 0 Å². The highest BCUT2D eigenvalue weighted by Crippen LogP contribution is 2.34. The number of rotatable bonds is 13. The van der Waals surface area contributed by atoms with Gasteiger partial charge in [-0.2, -0.15) is 13.2 Å². The first-order valence-electron chi connectivity index (χ1n) is 11.4. The Morgan fingerprint density at radius 2 is 1.88 bits per heavy atom. The molecule has 1 aromatic carbocycles. The van der Waals surface area contributed by atoms with E-state index < -0.39 is 11.7 Å². The lowest BCUT2D eigenvalue weighted by Gasteiger charge is -2.22. The van der Waals surface area contributed by atoms with Crippen molar-refractivity contribution in [3.8, 4) is 0 Å². The summed E-state index contributed by atoms with van der Waals surface area (Å²) in [7, 11) is 1.70. The summed E-state index contributed by atoms with van der Waals surface area (Å²) in [6, 6.07) is 5.63. The molecule has 0 unspecified atom stereocenters. The van der Waals surface area contributed by atoms with Crippen LogP contribution >= 0.6 is 11.8 Å². The van der Waals surface area contributed by atoms with E-state index in [4.69, 9.17) is 4.74 Å². The maximum atomic E-state index is 12.9. The van der Waals surface area contributed by atoms with Crippen molar-refractivity contribution in [2.75, 3.05) is 19.4 Å². The van der Waals surface area contributed by atoms with Crippen LogP contribution in [0.25, 0.3) is 10.9 Å². The maximum absolute atomic E-state index is 12.9. The molecule has 0 aliphatic carbocycles. The molecule has 0 spiro atoms. The number of unbranched alkanes of at least 4 members (excludes halogenated alkanes) is 3. The SMILES string of the molecule is COC(C)(C)CNCc1cn(CCCCCCSc2ccnc3cc(C(F)(F)F)ccc23)nn1. The zero-order valence-electron chi connectivity index (χ0n) is 19.9. The monoisotopic (exact) mass is 495 g/mol. The molecule has 0 atom stereocenters. The number of halogens is 3. The molecule has 2 heterocycles. The first-order valence-corrected chi connectivity index (χ1v) is 12.4. The summed E-state index contributed by atoms with van der Waals surface area (Å²) in [6.07, 6.45) is 3.43. The third-order valence-electron chi connectivity index (χ3n) is 5.56. The van der Waals surface area contributed by atoms with Gasteiger partial charge < -0.3 is 10.1 Å². The molecule has 0 aliphatic heterocycles. The predicted octanol–water partition coefficient (Wildman–Crippen LogP) is 5.71. The number of fused-ring (bicyclic) bond motifs is 1. The lowest BCUT2D eigenvalue weighted by atomic mass is 10.1. The molecule has 0 saturated heterocycles. The largest absolute Gasteiger partial charge is 0.416 e. The number of thioether (sulfide) groups is 1. The second-order valence-corrected chi connectivity index (χ2v) is 9.98. The summed E-state index contributed by atoms with van der Waals surface area (Å²) in [4.78, 5) is 5.08. The van der Waals surface area contributed by atoms with Crippen molar-refractivity contribution >= 4 is 22.7 Å². The smallest absolute Gasteiger partial charge is 0.377 e. The molecule has 10 heteroatoms. The van der Waals surface area contributed by atoms with E-state index in [-0.39, 0.29) is 5.60 Å². The van der Waals surface area contributed by atoms with Crippen LogP contribution in [0.1, 0.15) is 50.8 Å². The molecule has 6 nitrogen and oxygen atoms in total. The zero-order valence-corrected chi connectivity index (χ0v) is 20.7. The van der Waals surface area contributed by atoms with Crippen LogP contribution in [0.5, 0.6) is 0 Å². The fraction of sp³-hybridized carbons (Fsp3) is 0.542. The Morgan fingerprint density at radius 1 is 1.09 bits per heavy atom. The van der Waals surface area contributed by atoms with E-state index in [1.165, 1.54) is 6.07 Å². The number of aryl methyl sites for hydroxylation is 1. The van der Waals surface area contributed by atoms with Crippen LogP contribution < -0.4 is 5.32 Å². The van der Waals surface area contributed by atoms with E-state index in [2.05, 4.69) is 20.6 Å². The van der Waals surface area contributed by atoms with Gasteiger partial charge in [0.15, 0.2) is 0 Å². The van der Waals surface area contributed by atoms with Crippen molar-refractivity contribution in [1.82, 2.24) is 25.3 Å². The average molecular weight is 496 g/mol. The van der Waals surface area contributed by atoms with Crippen molar-refractivity contribution in [3.63, 3.8) is 0 Å². The number of nitrogens with zero attached hydrogens (tertiary/aromatic N) is 4. The lowest BCUT2D eigenvalue weighted by molar-refractivity contribution is -0.137. The molecular weight excluding hydrogens is 463 g/mol. The Bertz CT molecular complexity index is 1050. The molecule has 0 radical (unpaired) electrons. The predicted molar refractivity (Wildman–Crippen MR) is 129 cm³/mol. The van der Waals surface area contributed by atoms with Crippen molar-refractivity contribution in [2.45, 2.75) is 69.3 Å². The Kier molecular flexibility index (Phi) is 9.32. The van der Waals surface area contributed by atoms with Gasteiger partial charge in [0.05, 0.1) is 22.4 Å². The third-order valence-corrected chi connectivity index (χ3v) is 6.72.